The zero-order chi connectivity index (χ0) is 16.4. The molecule has 2 unspecified atom stereocenters. The molecule has 2 aromatic rings. The quantitative estimate of drug-likeness (QED) is 0.885. The Morgan fingerprint density at radius 3 is 2.45 bits per heavy atom. The molecule has 0 aliphatic carbocycles. The minimum Gasteiger partial charge on any atom is -0.387 e. The molecule has 0 saturated heterocycles. The molecule has 2 rings (SSSR count). The highest BCUT2D eigenvalue weighted by molar-refractivity contribution is 6.30. The summed E-state index contributed by atoms with van der Waals surface area (Å²) in [7, 11) is 0. The van der Waals surface area contributed by atoms with Crippen molar-refractivity contribution in [2.75, 3.05) is 6.67 Å². The molecule has 4 nitrogen and oxygen atoms in total. The Labute approximate surface area is 134 Å². The van der Waals surface area contributed by atoms with Crippen LogP contribution in [0.4, 0.5) is 4.39 Å². The van der Waals surface area contributed by atoms with Gasteiger partial charge in [0.25, 0.3) is 0 Å². The average molecular weight is 326 g/mol. The van der Waals surface area contributed by atoms with Gasteiger partial charge in [0.05, 0.1) is 18.8 Å². The van der Waals surface area contributed by atoms with Crippen molar-refractivity contribution in [3.8, 4) is 0 Å². The fourth-order valence-electron chi connectivity index (χ4n) is 2.64. The van der Waals surface area contributed by atoms with Gasteiger partial charge in [0, 0.05) is 16.4 Å². The molecule has 0 bridgehead atoms. The van der Waals surface area contributed by atoms with E-state index in [1.807, 2.05) is 19.1 Å². The maximum absolute atomic E-state index is 13.6. The molecule has 1 heterocycles. The zero-order valence-corrected chi connectivity index (χ0v) is 13.8. The van der Waals surface area contributed by atoms with E-state index < -0.39 is 17.7 Å². The molecule has 2 atom stereocenters. The van der Waals surface area contributed by atoms with E-state index in [1.54, 1.807) is 26.0 Å². The molecular formula is C16H21ClFN3O. The topological polar surface area (TPSA) is 50.9 Å². The van der Waals surface area contributed by atoms with Crippen molar-refractivity contribution in [1.29, 1.82) is 0 Å². The van der Waals surface area contributed by atoms with Crippen LogP contribution in [0.2, 0.25) is 5.02 Å². The van der Waals surface area contributed by atoms with Gasteiger partial charge in [-0.2, -0.15) is 5.10 Å². The van der Waals surface area contributed by atoms with E-state index in [2.05, 4.69) is 10.1 Å². The van der Waals surface area contributed by atoms with Crippen molar-refractivity contribution in [3.05, 3.63) is 47.5 Å². The summed E-state index contributed by atoms with van der Waals surface area (Å²) in [6, 6.07) is 7.25. The first-order valence-electron chi connectivity index (χ1n) is 7.16. The number of aromatic nitrogens is 3. The third-order valence-corrected chi connectivity index (χ3v) is 4.71. The van der Waals surface area contributed by atoms with Crippen LogP contribution in [0.25, 0.3) is 0 Å². The van der Waals surface area contributed by atoms with Gasteiger partial charge in [-0.3, -0.25) is 9.07 Å². The first kappa shape index (κ1) is 16.9. The van der Waals surface area contributed by atoms with E-state index in [0.29, 0.717) is 5.02 Å². The minimum absolute atomic E-state index is 0.160. The molecule has 0 fully saturated rings. The van der Waals surface area contributed by atoms with E-state index in [-0.39, 0.29) is 12.5 Å². The van der Waals surface area contributed by atoms with E-state index in [9.17, 15) is 9.50 Å². The molecule has 1 aromatic carbocycles. The highest BCUT2D eigenvalue weighted by atomic mass is 35.5. The van der Waals surface area contributed by atoms with Gasteiger partial charge < -0.3 is 5.11 Å². The highest BCUT2D eigenvalue weighted by Crippen LogP contribution is 2.43. The zero-order valence-electron chi connectivity index (χ0n) is 13.0. The van der Waals surface area contributed by atoms with Crippen LogP contribution in [-0.2, 0) is 6.54 Å². The molecule has 0 saturated carbocycles. The van der Waals surface area contributed by atoms with Crippen molar-refractivity contribution in [3.63, 3.8) is 0 Å². The van der Waals surface area contributed by atoms with Gasteiger partial charge in [0.2, 0.25) is 0 Å². The molecule has 0 aliphatic heterocycles. The smallest absolute Gasteiger partial charge is 0.137 e. The summed E-state index contributed by atoms with van der Waals surface area (Å²) in [6.45, 7) is 4.84. The molecule has 6 heteroatoms. The van der Waals surface area contributed by atoms with Gasteiger partial charge in [-0.25, -0.2) is 4.98 Å². The molecular weight excluding hydrogens is 305 g/mol. The lowest BCUT2D eigenvalue weighted by molar-refractivity contribution is -0.108. The van der Waals surface area contributed by atoms with Crippen molar-refractivity contribution in [2.24, 2.45) is 5.41 Å². The van der Waals surface area contributed by atoms with Gasteiger partial charge in [-0.1, -0.05) is 44.5 Å². The van der Waals surface area contributed by atoms with Crippen LogP contribution in [0.3, 0.4) is 0 Å². The minimum atomic E-state index is -1.33. The molecule has 0 spiro atoms. The number of benzene rings is 1. The first-order chi connectivity index (χ1) is 10.3. The highest BCUT2D eigenvalue weighted by Gasteiger charge is 2.48. The fourth-order valence-corrected chi connectivity index (χ4v) is 2.77. The van der Waals surface area contributed by atoms with Crippen LogP contribution >= 0.6 is 11.6 Å². The molecule has 22 heavy (non-hydrogen) atoms. The molecule has 1 aromatic heterocycles. The lowest BCUT2D eigenvalue weighted by Gasteiger charge is -2.45. The normalized spacial score (nSPS) is 16.3. The molecule has 0 amide bonds. The lowest BCUT2D eigenvalue weighted by atomic mass is 9.67. The van der Waals surface area contributed by atoms with Crippen molar-refractivity contribution >= 4 is 11.6 Å². The van der Waals surface area contributed by atoms with E-state index in [4.69, 9.17) is 11.6 Å². The summed E-state index contributed by atoms with van der Waals surface area (Å²) in [6.07, 6.45) is 2.92. The molecule has 120 valence electrons. The standard InChI is InChI=1S/C16H21ClFN3O/c1-12(13-4-6-14(17)7-5-13)16(22,15(2,3)8-18)9-21-11-19-10-20-21/h4-7,10-12,22H,8-9H2,1-3H3. The van der Waals surface area contributed by atoms with Crippen LogP contribution in [0.15, 0.2) is 36.9 Å². The van der Waals surface area contributed by atoms with Gasteiger partial charge in [0.15, 0.2) is 0 Å². The second kappa shape index (κ2) is 6.34. The molecule has 0 radical (unpaired) electrons. The van der Waals surface area contributed by atoms with E-state index >= 15 is 0 Å². The third kappa shape index (κ3) is 3.15. The average Bonchev–Trinajstić information content (AvgIpc) is 2.99. The predicted molar refractivity (Wildman–Crippen MR) is 84.6 cm³/mol. The fraction of sp³-hybridized carbons (Fsp3) is 0.500. The number of nitrogens with zero attached hydrogens (tertiary/aromatic N) is 3. The maximum Gasteiger partial charge on any atom is 0.137 e. The Morgan fingerprint density at radius 2 is 1.95 bits per heavy atom. The van der Waals surface area contributed by atoms with Crippen molar-refractivity contribution in [1.82, 2.24) is 14.8 Å². The number of rotatable bonds is 6. The summed E-state index contributed by atoms with van der Waals surface area (Å²) >= 11 is 5.92. The number of alkyl halides is 1. The Morgan fingerprint density at radius 1 is 1.32 bits per heavy atom. The summed E-state index contributed by atoms with van der Waals surface area (Å²) in [5, 5.41) is 16.0. The summed E-state index contributed by atoms with van der Waals surface area (Å²) in [4.78, 5) is 3.89. The summed E-state index contributed by atoms with van der Waals surface area (Å²) in [5.74, 6) is -0.306. The SMILES string of the molecule is CC(c1ccc(Cl)cc1)C(O)(Cn1cncn1)C(C)(C)CF. The third-order valence-electron chi connectivity index (χ3n) is 4.46. The summed E-state index contributed by atoms with van der Waals surface area (Å²) in [5.41, 5.74) is -1.38. The first-order valence-corrected chi connectivity index (χ1v) is 7.54. The monoisotopic (exact) mass is 325 g/mol. The number of halogens is 2. The number of hydrogen-bond donors (Lipinski definition) is 1. The predicted octanol–water partition coefficient (Wildman–Crippen LogP) is 3.46. The lowest BCUT2D eigenvalue weighted by Crippen LogP contribution is -2.53. The number of aliphatic hydroxyl groups is 1. The van der Waals surface area contributed by atoms with Crippen molar-refractivity contribution in [2.45, 2.75) is 38.8 Å². The largest absolute Gasteiger partial charge is 0.387 e. The second-order valence-electron chi connectivity index (χ2n) is 6.31. The van der Waals surface area contributed by atoms with Crippen LogP contribution in [0, 0.1) is 5.41 Å². The van der Waals surface area contributed by atoms with Crippen LogP contribution in [0.1, 0.15) is 32.3 Å². The molecule has 1 N–H and O–H groups in total. The van der Waals surface area contributed by atoms with E-state index in [1.165, 1.54) is 17.3 Å². The van der Waals surface area contributed by atoms with Gasteiger partial charge >= 0.3 is 0 Å². The van der Waals surface area contributed by atoms with Gasteiger partial charge in [-0.15, -0.1) is 0 Å². The maximum atomic E-state index is 13.6. The van der Waals surface area contributed by atoms with E-state index in [0.717, 1.165) is 5.56 Å². The Balaban J connectivity index is 2.41. The number of hydrogen-bond acceptors (Lipinski definition) is 3. The van der Waals surface area contributed by atoms with Crippen LogP contribution in [-0.4, -0.2) is 32.1 Å². The van der Waals surface area contributed by atoms with Crippen LogP contribution in [0.5, 0.6) is 0 Å². The summed E-state index contributed by atoms with van der Waals surface area (Å²) < 4.78 is 15.1. The van der Waals surface area contributed by atoms with Crippen molar-refractivity contribution < 1.29 is 9.50 Å². The van der Waals surface area contributed by atoms with Gasteiger partial charge in [0.1, 0.15) is 12.7 Å². The Kier molecular flexibility index (Phi) is 4.87. The Hall–Kier alpha value is -1.46. The Bertz CT molecular complexity index is 600. The molecule has 0 aliphatic rings. The van der Waals surface area contributed by atoms with Gasteiger partial charge in [-0.05, 0) is 17.7 Å². The second-order valence-corrected chi connectivity index (χ2v) is 6.74. The van der Waals surface area contributed by atoms with Crippen LogP contribution < -0.4 is 0 Å².